The minimum absolute atomic E-state index is 0.0251. The minimum atomic E-state index is -0.865. The molecule has 9 nitrogen and oxygen atoms in total. The first kappa shape index (κ1) is 22.2. The number of nitro benzene ring substituents is 1. The van der Waals surface area contributed by atoms with Crippen LogP contribution in [0.2, 0.25) is 0 Å². The van der Waals surface area contributed by atoms with E-state index in [4.69, 9.17) is 9.15 Å². The number of nitrogens with zero attached hydrogens (tertiary/aromatic N) is 3. The third kappa shape index (κ3) is 3.95. The number of hydrogen-bond acceptors (Lipinski definition) is 7. The fourth-order valence-electron chi connectivity index (χ4n) is 4.67. The van der Waals surface area contributed by atoms with Crippen molar-refractivity contribution < 1.29 is 23.3 Å². The van der Waals surface area contributed by atoms with E-state index in [9.17, 15) is 24.1 Å². The number of rotatable bonds is 6. The molecule has 2 aliphatic rings. The van der Waals surface area contributed by atoms with E-state index in [-0.39, 0.29) is 28.0 Å². The van der Waals surface area contributed by atoms with Crippen LogP contribution < -0.4 is 5.43 Å². The lowest BCUT2D eigenvalue weighted by atomic mass is 9.98. The molecule has 2 aromatic carbocycles. The van der Waals surface area contributed by atoms with Crippen LogP contribution in [-0.2, 0) is 4.74 Å². The van der Waals surface area contributed by atoms with Crippen LogP contribution >= 0.6 is 0 Å². The Morgan fingerprint density at radius 2 is 1.88 bits per heavy atom. The average molecular weight is 467 g/mol. The second-order valence-electron chi connectivity index (χ2n) is 8.38. The maximum Gasteiger partial charge on any atom is 0.290 e. The van der Waals surface area contributed by atoms with Crippen molar-refractivity contribution >= 4 is 22.6 Å². The number of benzene rings is 2. The normalized spacial score (nSPS) is 18.4. The summed E-state index contributed by atoms with van der Waals surface area (Å²) in [5.41, 5.74) is -0.0451. The van der Waals surface area contributed by atoms with E-state index in [0.29, 0.717) is 31.7 Å². The van der Waals surface area contributed by atoms with E-state index in [1.54, 1.807) is 6.07 Å². The van der Waals surface area contributed by atoms with Crippen LogP contribution in [0.5, 0.6) is 0 Å². The largest absolute Gasteiger partial charge is 0.450 e. The molecule has 1 fully saturated rings. The van der Waals surface area contributed by atoms with Crippen molar-refractivity contribution in [1.82, 2.24) is 9.80 Å². The summed E-state index contributed by atoms with van der Waals surface area (Å²) in [6, 6.07) is 8.57. The second-order valence-corrected chi connectivity index (χ2v) is 8.38. The number of fused-ring (bicyclic) bond motifs is 2. The monoisotopic (exact) mass is 467 g/mol. The van der Waals surface area contributed by atoms with E-state index in [1.807, 2.05) is 0 Å². The third-order valence-corrected chi connectivity index (χ3v) is 6.30. The van der Waals surface area contributed by atoms with Gasteiger partial charge in [-0.25, -0.2) is 4.39 Å². The smallest absolute Gasteiger partial charge is 0.290 e. The summed E-state index contributed by atoms with van der Waals surface area (Å²) >= 11 is 0. The molecule has 1 aromatic heterocycles. The number of morpholine rings is 1. The number of carbonyl (C=O) groups is 1. The van der Waals surface area contributed by atoms with E-state index in [1.165, 1.54) is 29.2 Å². The number of amides is 1. The SMILES string of the molecule is O=C1c2oc3ccc(F)cc3c(=O)c2C(c2cccc([N+](=O)[O-])c2)N1CCCN1CCOCC1. The highest BCUT2D eigenvalue weighted by Gasteiger charge is 2.42. The molecule has 5 rings (SSSR count). The summed E-state index contributed by atoms with van der Waals surface area (Å²) in [6.07, 6.45) is 0.632. The van der Waals surface area contributed by atoms with Gasteiger partial charge in [-0.15, -0.1) is 0 Å². The zero-order chi connectivity index (χ0) is 23.8. The zero-order valence-electron chi connectivity index (χ0n) is 18.2. The van der Waals surface area contributed by atoms with Crippen molar-refractivity contribution in [3.63, 3.8) is 0 Å². The van der Waals surface area contributed by atoms with Crippen molar-refractivity contribution in [2.75, 3.05) is 39.4 Å². The molecule has 0 N–H and O–H groups in total. The Morgan fingerprint density at radius 3 is 2.65 bits per heavy atom. The van der Waals surface area contributed by atoms with E-state index in [2.05, 4.69) is 4.90 Å². The highest BCUT2D eigenvalue weighted by atomic mass is 19.1. The molecule has 3 aromatic rings. The Balaban J connectivity index is 1.56. The molecule has 0 bridgehead atoms. The van der Waals surface area contributed by atoms with Gasteiger partial charge in [-0.2, -0.15) is 0 Å². The number of halogens is 1. The van der Waals surface area contributed by atoms with Gasteiger partial charge in [0, 0.05) is 38.3 Å². The molecular formula is C24H22FN3O6. The first-order chi connectivity index (χ1) is 16.4. The Bertz CT molecular complexity index is 1330. The summed E-state index contributed by atoms with van der Waals surface area (Å²) < 4.78 is 25.0. The number of ether oxygens (including phenoxy) is 1. The topological polar surface area (TPSA) is 106 Å². The van der Waals surface area contributed by atoms with Crippen molar-refractivity contribution in [3.8, 4) is 0 Å². The maximum absolute atomic E-state index is 13.9. The van der Waals surface area contributed by atoms with Crippen molar-refractivity contribution in [1.29, 1.82) is 0 Å². The van der Waals surface area contributed by atoms with Crippen LogP contribution in [0, 0.1) is 15.9 Å². The van der Waals surface area contributed by atoms with Crippen LogP contribution in [0.4, 0.5) is 10.1 Å². The molecule has 10 heteroatoms. The second kappa shape index (κ2) is 8.96. The molecule has 1 unspecified atom stereocenters. The van der Waals surface area contributed by atoms with Crippen molar-refractivity contribution in [3.05, 3.63) is 85.5 Å². The lowest BCUT2D eigenvalue weighted by Gasteiger charge is -2.29. The van der Waals surface area contributed by atoms with Crippen molar-refractivity contribution in [2.24, 2.45) is 0 Å². The molecule has 176 valence electrons. The fourth-order valence-corrected chi connectivity index (χ4v) is 4.67. The van der Waals surface area contributed by atoms with Gasteiger partial charge in [-0.3, -0.25) is 24.6 Å². The molecule has 0 aliphatic carbocycles. The molecule has 34 heavy (non-hydrogen) atoms. The van der Waals surface area contributed by atoms with Gasteiger partial charge in [0.05, 0.1) is 35.1 Å². The van der Waals surface area contributed by atoms with Crippen LogP contribution in [0.1, 0.15) is 34.1 Å². The van der Waals surface area contributed by atoms with Gasteiger partial charge in [0.15, 0.2) is 5.43 Å². The van der Waals surface area contributed by atoms with Crippen LogP contribution in [0.3, 0.4) is 0 Å². The first-order valence-electron chi connectivity index (χ1n) is 11.1. The molecule has 1 saturated heterocycles. The fraction of sp³-hybridized carbons (Fsp3) is 0.333. The highest BCUT2D eigenvalue weighted by Crippen LogP contribution is 2.39. The van der Waals surface area contributed by atoms with Crippen LogP contribution in [0.25, 0.3) is 11.0 Å². The number of non-ortho nitro benzene ring substituents is 1. The molecule has 0 saturated carbocycles. The first-order valence-corrected chi connectivity index (χ1v) is 11.1. The highest BCUT2D eigenvalue weighted by molar-refractivity contribution is 5.99. The maximum atomic E-state index is 13.9. The summed E-state index contributed by atoms with van der Waals surface area (Å²) in [6.45, 7) is 3.98. The Hall–Kier alpha value is -3.63. The van der Waals surface area contributed by atoms with Gasteiger partial charge < -0.3 is 14.1 Å². The van der Waals surface area contributed by atoms with E-state index in [0.717, 1.165) is 31.8 Å². The van der Waals surface area contributed by atoms with Gasteiger partial charge in [-0.1, -0.05) is 12.1 Å². The van der Waals surface area contributed by atoms with Crippen LogP contribution in [0.15, 0.2) is 51.7 Å². The summed E-state index contributed by atoms with van der Waals surface area (Å²) in [5, 5.41) is 11.4. The standard InChI is InChI=1S/C24H22FN3O6/c25-16-5-6-19-18(14-16)22(29)20-21(15-3-1-4-17(13-15)28(31)32)27(24(30)23(20)34-19)8-2-7-26-9-11-33-12-10-26/h1,3-6,13-14,21H,2,7-12H2. The van der Waals surface area contributed by atoms with Gasteiger partial charge in [0.25, 0.3) is 11.6 Å². The van der Waals surface area contributed by atoms with E-state index < -0.39 is 28.1 Å². The Morgan fingerprint density at radius 1 is 1.09 bits per heavy atom. The lowest BCUT2D eigenvalue weighted by molar-refractivity contribution is -0.384. The molecule has 1 atom stereocenters. The summed E-state index contributed by atoms with van der Waals surface area (Å²) in [7, 11) is 0. The number of hydrogen-bond donors (Lipinski definition) is 0. The molecular weight excluding hydrogens is 445 g/mol. The number of carbonyl (C=O) groups excluding carboxylic acids is 1. The predicted molar refractivity (Wildman–Crippen MR) is 120 cm³/mol. The number of nitro groups is 1. The molecule has 1 amide bonds. The molecule has 0 radical (unpaired) electrons. The average Bonchev–Trinajstić information content (AvgIpc) is 3.12. The van der Waals surface area contributed by atoms with Gasteiger partial charge in [0.1, 0.15) is 11.4 Å². The third-order valence-electron chi connectivity index (χ3n) is 6.30. The minimum Gasteiger partial charge on any atom is -0.450 e. The molecule has 0 spiro atoms. The Kier molecular flexibility index (Phi) is 5.84. The van der Waals surface area contributed by atoms with Gasteiger partial charge in [0.2, 0.25) is 5.76 Å². The van der Waals surface area contributed by atoms with Gasteiger partial charge in [-0.05, 0) is 30.2 Å². The van der Waals surface area contributed by atoms with E-state index >= 15 is 0 Å². The summed E-state index contributed by atoms with van der Waals surface area (Å²) in [5.74, 6) is -1.16. The quantitative estimate of drug-likeness (QED) is 0.405. The lowest BCUT2D eigenvalue weighted by Crippen LogP contribution is -2.38. The molecule has 3 heterocycles. The Labute approximate surface area is 193 Å². The van der Waals surface area contributed by atoms with Crippen molar-refractivity contribution in [2.45, 2.75) is 12.5 Å². The summed E-state index contributed by atoms with van der Waals surface area (Å²) in [4.78, 5) is 41.4. The predicted octanol–water partition coefficient (Wildman–Crippen LogP) is 3.11. The molecule has 2 aliphatic heterocycles. The van der Waals surface area contributed by atoms with Gasteiger partial charge >= 0.3 is 0 Å². The zero-order valence-corrected chi connectivity index (χ0v) is 18.2. The van der Waals surface area contributed by atoms with Crippen LogP contribution in [-0.4, -0.2) is 60.0 Å².